The van der Waals surface area contributed by atoms with E-state index in [4.69, 9.17) is 10.5 Å². The average molecular weight is 364 g/mol. The summed E-state index contributed by atoms with van der Waals surface area (Å²) in [6.45, 7) is 6.10. The molecule has 0 radical (unpaired) electrons. The van der Waals surface area contributed by atoms with Gasteiger partial charge in [-0.1, -0.05) is 37.3 Å². The van der Waals surface area contributed by atoms with E-state index in [1.54, 1.807) is 0 Å². The van der Waals surface area contributed by atoms with E-state index in [0.717, 1.165) is 49.8 Å². The van der Waals surface area contributed by atoms with Gasteiger partial charge in [-0.25, -0.2) is 0 Å². The van der Waals surface area contributed by atoms with Crippen molar-refractivity contribution in [1.82, 2.24) is 10.2 Å². The molecule has 0 aliphatic carbocycles. The van der Waals surface area contributed by atoms with Crippen molar-refractivity contribution in [2.45, 2.75) is 24.9 Å². The highest BCUT2D eigenvalue weighted by Gasteiger charge is 2.41. The number of ether oxygens (including phenoxy) is 1. The maximum atomic E-state index is 12.7. The number of rotatable bonds is 6. The molecule has 2 fully saturated rings. The maximum absolute atomic E-state index is 12.7. The lowest BCUT2D eigenvalue weighted by atomic mass is 9.92. The van der Waals surface area contributed by atoms with Gasteiger partial charge in [-0.05, 0) is 17.7 Å². The van der Waals surface area contributed by atoms with Crippen LogP contribution in [0.1, 0.15) is 24.9 Å². The van der Waals surface area contributed by atoms with Crippen LogP contribution in [0.5, 0.6) is 0 Å². The summed E-state index contributed by atoms with van der Waals surface area (Å²) in [5.41, 5.74) is 7.38. The molecule has 25 heavy (non-hydrogen) atoms. The summed E-state index contributed by atoms with van der Waals surface area (Å²) in [7, 11) is 0. The minimum Gasteiger partial charge on any atom is -0.379 e. The number of carbonyl (C=O) groups is 1. The van der Waals surface area contributed by atoms with Gasteiger partial charge in [0.2, 0.25) is 5.91 Å². The molecule has 2 saturated heterocycles. The molecule has 1 aromatic rings. The molecular weight excluding hydrogens is 334 g/mol. The van der Waals surface area contributed by atoms with Crippen LogP contribution in [0.3, 0.4) is 0 Å². The molecule has 138 valence electrons. The van der Waals surface area contributed by atoms with Crippen LogP contribution in [-0.4, -0.2) is 60.7 Å². The Kier molecular flexibility index (Phi) is 6.39. The second-order valence-corrected chi connectivity index (χ2v) is 8.17. The van der Waals surface area contributed by atoms with E-state index in [9.17, 15) is 4.79 Å². The standard InChI is InChI=1S/C19H29N3O2S/c1-15(17(20)16-5-3-2-4-6-16)18(23)21-13-19(7-12-25-14-19)22-8-10-24-11-9-22/h2-6,15,17H,7-14,20H2,1H3,(H,21,23). The van der Waals surface area contributed by atoms with E-state index < -0.39 is 0 Å². The molecule has 2 aliphatic heterocycles. The molecule has 0 spiro atoms. The van der Waals surface area contributed by atoms with Crippen LogP contribution in [0.15, 0.2) is 30.3 Å². The predicted octanol–water partition coefficient (Wildman–Crippen LogP) is 1.65. The number of carbonyl (C=O) groups excluding carboxylic acids is 1. The molecule has 2 aliphatic rings. The maximum Gasteiger partial charge on any atom is 0.224 e. The Labute approximate surface area is 154 Å². The summed E-state index contributed by atoms with van der Waals surface area (Å²) in [6, 6.07) is 9.57. The molecule has 0 aromatic heterocycles. The van der Waals surface area contributed by atoms with E-state index in [1.807, 2.05) is 49.0 Å². The zero-order valence-electron chi connectivity index (χ0n) is 14.9. The van der Waals surface area contributed by atoms with Gasteiger partial charge >= 0.3 is 0 Å². The number of benzene rings is 1. The minimum absolute atomic E-state index is 0.0425. The monoisotopic (exact) mass is 363 g/mol. The molecule has 0 saturated carbocycles. The van der Waals surface area contributed by atoms with E-state index in [-0.39, 0.29) is 23.4 Å². The topological polar surface area (TPSA) is 67.6 Å². The lowest BCUT2D eigenvalue weighted by molar-refractivity contribution is -0.126. The Balaban J connectivity index is 1.59. The Morgan fingerprint density at radius 1 is 1.36 bits per heavy atom. The quantitative estimate of drug-likeness (QED) is 0.804. The van der Waals surface area contributed by atoms with Gasteiger partial charge in [0.05, 0.1) is 19.1 Å². The largest absolute Gasteiger partial charge is 0.379 e. The highest BCUT2D eigenvalue weighted by atomic mass is 32.2. The molecule has 1 aromatic carbocycles. The van der Waals surface area contributed by atoms with Gasteiger partial charge in [0.25, 0.3) is 0 Å². The van der Waals surface area contributed by atoms with Gasteiger partial charge in [-0.2, -0.15) is 11.8 Å². The van der Waals surface area contributed by atoms with Gasteiger partial charge in [-0.3, -0.25) is 9.69 Å². The van der Waals surface area contributed by atoms with Gasteiger partial charge in [-0.15, -0.1) is 0 Å². The van der Waals surface area contributed by atoms with Crippen LogP contribution in [0.4, 0.5) is 0 Å². The molecule has 3 unspecified atom stereocenters. The van der Waals surface area contributed by atoms with Crippen LogP contribution in [0.2, 0.25) is 0 Å². The molecule has 3 rings (SSSR count). The highest BCUT2D eigenvalue weighted by Crippen LogP contribution is 2.33. The Morgan fingerprint density at radius 3 is 2.72 bits per heavy atom. The summed E-state index contributed by atoms with van der Waals surface area (Å²) in [4.78, 5) is 15.2. The first-order valence-corrected chi connectivity index (χ1v) is 10.3. The van der Waals surface area contributed by atoms with Crippen molar-refractivity contribution in [3.8, 4) is 0 Å². The fourth-order valence-electron chi connectivity index (χ4n) is 3.67. The summed E-state index contributed by atoms with van der Waals surface area (Å²) in [5.74, 6) is 2.03. The van der Waals surface area contributed by atoms with Crippen molar-refractivity contribution in [3.63, 3.8) is 0 Å². The van der Waals surface area contributed by atoms with Crippen LogP contribution < -0.4 is 11.1 Å². The van der Waals surface area contributed by atoms with Crippen LogP contribution >= 0.6 is 11.8 Å². The number of nitrogens with two attached hydrogens (primary N) is 1. The van der Waals surface area contributed by atoms with Crippen LogP contribution in [0, 0.1) is 5.92 Å². The summed E-state index contributed by atoms with van der Waals surface area (Å²) < 4.78 is 5.50. The van der Waals surface area contributed by atoms with Crippen molar-refractivity contribution < 1.29 is 9.53 Å². The van der Waals surface area contributed by atoms with Crippen molar-refractivity contribution in [1.29, 1.82) is 0 Å². The normalized spacial score (nSPS) is 27.0. The third kappa shape index (κ3) is 4.37. The smallest absolute Gasteiger partial charge is 0.224 e. The van der Waals surface area contributed by atoms with Crippen molar-refractivity contribution in [2.75, 3.05) is 44.4 Å². The molecule has 3 atom stereocenters. The summed E-state index contributed by atoms with van der Waals surface area (Å²) >= 11 is 1.98. The number of thioether (sulfide) groups is 1. The van der Waals surface area contributed by atoms with Gasteiger partial charge in [0, 0.05) is 37.0 Å². The van der Waals surface area contributed by atoms with Crippen LogP contribution in [-0.2, 0) is 9.53 Å². The molecule has 2 heterocycles. The first kappa shape index (κ1) is 18.7. The fourth-order valence-corrected chi connectivity index (χ4v) is 5.15. The number of morpholine rings is 1. The fraction of sp³-hybridized carbons (Fsp3) is 0.632. The minimum atomic E-state index is -0.279. The second-order valence-electron chi connectivity index (χ2n) is 7.07. The van der Waals surface area contributed by atoms with E-state index in [0.29, 0.717) is 6.54 Å². The zero-order chi connectivity index (χ0) is 17.7. The SMILES string of the molecule is CC(C(=O)NCC1(N2CCOCC2)CCSC1)C(N)c1ccccc1. The van der Waals surface area contributed by atoms with E-state index in [1.165, 1.54) is 0 Å². The van der Waals surface area contributed by atoms with E-state index in [2.05, 4.69) is 10.2 Å². The first-order valence-electron chi connectivity index (χ1n) is 9.11. The summed E-state index contributed by atoms with van der Waals surface area (Å²) in [6.07, 6.45) is 1.12. The van der Waals surface area contributed by atoms with Crippen molar-refractivity contribution >= 4 is 17.7 Å². The van der Waals surface area contributed by atoms with Gasteiger partial charge in [0.1, 0.15) is 0 Å². The average Bonchev–Trinajstić information content (AvgIpc) is 3.16. The third-order valence-electron chi connectivity index (χ3n) is 5.49. The Hall–Kier alpha value is -1.08. The molecule has 1 amide bonds. The molecule has 6 heteroatoms. The molecule has 0 bridgehead atoms. The number of hydrogen-bond donors (Lipinski definition) is 2. The van der Waals surface area contributed by atoms with E-state index >= 15 is 0 Å². The molecule has 3 N–H and O–H groups in total. The Morgan fingerprint density at radius 2 is 2.08 bits per heavy atom. The predicted molar refractivity (Wildman–Crippen MR) is 103 cm³/mol. The number of hydrogen-bond acceptors (Lipinski definition) is 5. The lowest BCUT2D eigenvalue weighted by Crippen LogP contribution is -2.59. The lowest BCUT2D eigenvalue weighted by Gasteiger charge is -2.43. The Bertz CT molecular complexity index is 557. The number of nitrogens with one attached hydrogen (secondary N) is 1. The molecular formula is C19H29N3O2S. The summed E-state index contributed by atoms with van der Waals surface area (Å²) in [5, 5.41) is 3.20. The van der Waals surface area contributed by atoms with Crippen molar-refractivity contribution in [3.05, 3.63) is 35.9 Å². The van der Waals surface area contributed by atoms with Gasteiger partial charge < -0.3 is 15.8 Å². The number of nitrogens with zero attached hydrogens (tertiary/aromatic N) is 1. The van der Waals surface area contributed by atoms with Gasteiger partial charge in [0.15, 0.2) is 0 Å². The molecule has 5 nitrogen and oxygen atoms in total. The first-order chi connectivity index (χ1) is 12.1. The number of amides is 1. The zero-order valence-corrected chi connectivity index (χ0v) is 15.8. The third-order valence-corrected chi connectivity index (χ3v) is 6.73. The van der Waals surface area contributed by atoms with Crippen LogP contribution in [0.25, 0.3) is 0 Å². The highest BCUT2D eigenvalue weighted by molar-refractivity contribution is 7.99. The van der Waals surface area contributed by atoms with Crippen molar-refractivity contribution in [2.24, 2.45) is 11.7 Å². The second kappa shape index (κ2) is 8.54.